The Morgan fingerprint density at radius 1 is 0.267 bits per heavy atom. The molecule has 0 saturated heterocycles. The van der Waals surface area contributed by atoms with Crippen molar-refractivity contribution in [3.63, 3.8) is 0 Å². The second kappa shape index (κ2) is 69.4. The maximum Gasteiger partial charge on any atom is 2.00 e. The summed E-state index contributed by atoms with van der Waals surface area (Å²) < 4.78 is 91.3. The molecule has 0 aliphatic rings. The van der Waals surface area contributed by atoms with Crippen LogP contribution in [0.5, 0.6) is 0 Å². The van der Waals surface area contributed by atoms with E-state index < -0.39 is 53.9 Å². The van der Waals surface area contributed by atoms with E-state index in [4.69, 9.17) is 18.9 Å². The zero-order valence-corrected chi connectivity index (χ0v) is 67.8. The minimum atomic E-state index is -4.81. The monoisotopic (exact) mass is 1470 g/mol. The SMILES string of the molecule is CCCCC/C=C/CCCCCCCCCCOC(=O)c1ccc(S(=O)(=O)[O-])cc1C(=O)OCCCCCCCCCC/C=C/CCCCC.CCCCC/C=C/CCCCCCCCCCOC(=O)c1ccc(S(=O)(=O)[O-])cc1C(=O)OCCCCCCCCCC/C=C/CCCCC.[Ca+2]. The fraction of sp³-hybridized carbons (Fsp3) is 0.714. The van der Waals surface area contributed by atoms with E-state index in [1.807, 2.05) is 0 Å². The number of allylic oxidation sites excluding steroid dienone is 8. The van der Waals surface area contributed by atoms with Gasteiger partial charge < -0.3 is 28.1 Å². The van der Waals surface area contributed by atoms with E-state index in [0.29, 0.717) is 25.7 Å². The Bertz CT molecular complexity index is 2540. The first kappa shape index (κ1) is 97.4. The van der Waals surface area contributed by atoms with Crippen molar-refractivity contribution in [2.45, 2.75) is 371 Å². The topological polar surface area (TPSA) is 220 Å². The van der Waals surface area contributed by atoms with Crippen LogP contribution in [0.15, 0.2) is 94.8 Å². The summed E-state index contributed by atoms with van der Waals surface area (Å²) in [4.78, 5) is 50.3. The number of benzene rings is 2. The first-order valence-electron chi connectivity index (χ1n) is 40.1. The molecular weight excluding hydrogens is 1340 g/mol. The molecule has 0 aliphatic heterocycles. The molecule has 0 spiro atoms. The van der Waals surface area contributed by atoms with Gasteiger partial charge in [0.2, 0.25) is 0 Å². The van der Waals surface area contributed by atoms with E-state index in [9.17, 15) is 45.1 Å². The van der Waals surface area contributed by atoms with Gasteiger partial charge in [0.15, 0.2) is 0 Å². The number of hydrogen-bond donors (Lipinski definition) is 0. The largest absolute Gasteiger partial charge is 2.00 e. The maximum absolute atomic E-state index is 12.9. The molecule has 0 unspecified atom stereocenters. The van der Waals surface area contributed by atoms with Crippen LogP contribution in [0, 0.1) is 0 Å². The Morgan fingerprint density at radius 2 is 0.436 bits per heavy atom. The summed E-state index contributed by atoms with van der Waals surface area (Å²) in [7, 11) is -9.63. The van der Waals surface area contributed by atoms with Gasteiger partial charge in [0.25, 0.3) is 0 Å². The number of unbranched alkanes of at least 4 members (excludes halogenated alkanes) is 44. The van der Waals surface area contributed by atoms with Gasteiger partial charge >= 0.3 is 61.6 Å². The molecule has 0 aromatic heterocycles. The minimum Gasteiger partial charge on any atom is -0.744 e. The zero-order valence-electron chi connectivity index (χ0n) is 63.9. The Morgan fingerprint density at radius 3 is 0.624 bits per heavy atom. The van der Waals surface area contributed by atoms with Crippen molar-refractivity contribution in [3.05, 3.63) is 107 Å². The van der Waals surface area contributed by atoms with Crippen LogP contribution < -0.4 is 0 Å². The number of carbonyl (C=O) groups excluding carboxylic acids is 4. The molecule has 17 heteroatoms. The van der Waals surface area contributed by atoms with Crippen LogP contribution in [0.3, 0.4) is 0 Å². The predicted octanol–water partition coefficient (Wildman–Crippen LogP) is 24.0. The molecule has 0 amide bonds. The third-order valence-electron chi connectivity index (χ3n) is 18.0. The molecule has 0 bridgehead atoms. The molecule has 2 aromatic rings. The molecule has 0 aliphatic carbocycles. The summed E-state index contributed by atoms with van der Waals surface area (Å²) in [6.07, 6.45) is 78.5. The Labute approximate surface area is 645 Å². The van der Waals surface area contributed by atoms with Crippen molar-refractivity contribution in [1.29, 1.82) is 0 Å². The van der Waals surface area contributed by atoms with Gasteiger partial charge in [0.1, 0.15) is 20.2 Å². The van der Waals surface area contributed by atoms with Gasteiger partial charge in [0, 0.05) is 0 Å². The average Bonchev–Trinajstić information content (AvgIpc) is 0.819. The van der Waals surface area contributed by atoms with Gasteiger partial charge in [0.05, 0.1) is 58.5 Å². The van der Waals surface area contributed by atoms with Crippen LogP contribution in [-0.2, 0) is 39.2 Å². The molecule has 0 atom stereocenters. The van der Waals surface area contributed by atoms with Gasteiger partial charge in [-0.25, -0.2) is 36.0 Å². The fourth-order valence-corrected chi connectivity index (χ4v) is 12.7. The molecule has 0 radical (unpaired) electrons. The third-order valence-corrected chi connectivity index (χ3v) is 19.7. The van der Waals surface area contributed by atoms with E-state index >= 15 is 0 Å². The van der Waals surface area contributed by atoms with E-state index in [1.165, 1.54) is 231 Å². The molecule has 0 heterocycles. The standard InChI is InChI=1S/2C42H70O7S.Ca/c2*1-3-5-7-9-11-13-15-17-19-21-23-25-27-29-31-35-48-41(43)39-34-33-38(50(45,46)47)37-40(39)42(44)49-36-32-30-28-26-24-22-20-18-16-14-12-10-8-6-4-2;/h2*11-14,33-34,37H,3-10,15-32,35-36H2,1-2H3,(H,45,46,47);/q;;+2/p-2/b2*13-11+,14-12+;. The zero-order chi connectivity index (χ0) is 73.1. The fourth-order valence-electron chi connectivity index (χ4n) is 11.7. The van der Waals surface area contributed by atoms with Crippen molar-refractivity contribution in [1.82, 2.24) is 0 Å². The van der Waals surface area contributed by atoms with Crippen LogP contribution >= 0.6 is 0 Å². The van der Waals surface area contributed by atoms with Gasteiger partial charge in [-0.15, -0.1) is 0 Å². The number of carbonyl (C=O) groups is 4. The van der Waals surface area contributed by atoms with E-state index in [1.54, 1.807) is 0 Å². The number of ether oxygens (including phenoxy) is 4. The van der Waals surface area contributed by atoms with Crippen molar-refractivity contribution in [3.8, 4) is 0 Å². The molecule has 572 valence electrons. The predicted molar refractivity (Wildman–Crippen MR) is 415 cm³/mol. The van der Waals surface area contributed by atoms with Crippen LogP contribution in [0.25, 0.3) is 0 Å². The quantitative estimate of drug-likeness (QED) is 0.0150. The van der Waals surface area contributed by atoms with Crippen molar-refractivity contribution < 1.29 is 64.1 Å². The first-order valence-corrected chi connectivity index (χ1v) is 42.9. The van der Waals surface area contributed by atoms with Crippen molar-refractivity contribution >= 4 is 81.9 Å². The summed E-state index contributed by atoms with van der Waals surface area (Å²) in [5.74, 6) is -3.11. The molecule has 2 aromatic carbocycles. The van der Waals surface area contributed by atoms with Crippen LogP contribution in [0.1, 0.15) is 403 Å². The van der Waals surface area contributed by atoms with Crippen molar-refractivity contribution in [2.75, 3.05) is 26.4 Å². The average molecular weight is 1480 g/mol. The molecule has 14 nitrogen and oxygen atoms in total. The summed E-state index contributed by atoms with van der Waals surface area (Å²) in [5, 5.41) is 0. The molecule has 0 fully saturated rings. The van der Waals surface area contributed by atoms with E-state index in [2.05, 4.69) is 76.3 Å². The number of rotatable bonds is 66. The smallest absolute Gasteiger partial charge is 0.744 e. The summed E-state index contributed by atoms with van der Waals surface area (Å²) in [6, 6.07) is 6.24. The Hall–Kier alpha value is -3.64. The molecule has 0 N–H and O–H groups in total. The molecule has 101 heavy (non-hydrogen) atoms. The first-order chi connectivity index (χ1) is 48.6. The summed E-state index contributed by atoms with van der Waals surface area (Å²) in [5.41, 5.74) is -0.695. The third kappa shape index (κ3) is 57.3. The number of hydrogen-bond acceptors (Lipinski definition) is 14. The van der Waals surface area contributed by atoms with E-state index in [-0.39, 0.29) is 86.4 Å². The van der Waals surface area contributed by atoms with Gasteiger partial charge in [-0.05, 0) is 165 Å². The molecule has 0 saturated carbocycles. The second-order valence-electron chi connectivity index (χ2n) is 27.2. The Balaban J connectivity index is 0.00000196. The van der Waals surface area contributed by atoms with Gasteiger partial charge in [-0.1, -0.05) is 282 Å². The summed E-state index contributed by atoms with van der Waals surface area (Å²) >= 11 is 0. The normalized spacial score (nSPS) is 11.8. The molecular formula is C84H138CaO14S2. The van der Waals surface area contributed by atoms with Crippen molar-refractivity contribution in [2.24, 2.45) is 0 Å². The van der Waals surface area contributed by atoms with Crippen LogP contribution in [0.2, 0.25) is 0 Å². The second-order valence-corrected chi connectivity index (χ2v) is 30.0. The molecule has 2 rings (SSSR count). The minimum absolute atomic E-state index is 0. The van der Waals surface area contributed by atoms with Gasteiger partial charge in [-0.3, -0.25) is 0 Å². The Kier molecular flexibility index (Phi) is 66.9. The maximum atomic E-state index is 12.9. The number of esters is 4. The van der Waals surface area contributed by atoms with Crippen LogP contribution in [0.4, 0.5) is 0 Å². The van der Waals surface area contributed by atoms with Crippen LogP contribution in [-0.4, -0.2) is 114 Å². The van der Waals surface area contributed by atoms with Gasteiger partial charge in [-0.2, -0.15) is 0 Å². The summed E-state index contributed by atoms with van der Waals surface area (Å²) in [6.45, 7) is 9.63. The van der Waals surface area contributed by atoms with E-state index in [0.717, 1.165) is 113 Å².